The number of nitrogens with one attached hydrogen (secondary N) is 1. The quantitative estimate of drug-likeness (QED) is 0.781. The fraction of sp³-hybridized carbons (Fsp3) is 0.833. The van der Waals surface area contributed by atoms with Gasteiger partial charge >= 0.3 is 6.09 Å². The molecule has 1 amide bonds. The van der Waals surface area contributed by atoms with Gasteiger partial charge in [0.05, 0.1) is 12.1 Å². The Labute approximate surface area is 114 Å². The Morgan fingerprint density at radius 1 is 1.39 bits per heavy atom. The maximum atomic E-state index is 11.7. The van der Waals surface area contributed by atoms with Crippen LogP contribution in [0.4, 0.5) is 4.79 Å². The van der Waals surface area contributed by atoms with E-state index in [0.29, 0.717) is 5.05 Å². The fourth-order valence-electron chi connectivity index (χ4n) is 1.12. The first-order chi connectivity index (χ1) is 8.15. The molecule has 0 aliphatic rings. The summed E-state index contributed by atoms with van der Waals surface area (Å²) in [7, 11) is 1.57. The lowest BCUT2D eigenvalue weighted by molar-refractivity contribution is 0.0293. The van der Waals surface area contributed by atoms with Crippen LogP contribution in [0.15, 0.2) is 0 Å². The van der Waals surface area contributed by atoms with Gasteiger partial charge < -0.3 is 19.5 Å². The molecule has 2 atom stereocenters. The molecule has 0 heterocycles. The first-order valence-corrected chi connectivity index (χ1v) is 6.22. The van der Waals surface area contributed by atoms with Gasteiger partial charge in [0.1, 0.15) is 12.2 Å². The molecule has 0 rings (SSSR count). The Balaban J connectivity index is 4.40. The highest BCUT2D eigenvalue weighted by atomic mass is 32.1. The predicted octanol–water partition coefficient (Wildman–Crippen LogP) is 2.28. The van der Waals surface area contributed by atoms with Crippen molar-refractivity contribution in [3.63, 3.8) is 0 Å². The number of alkyl carbamates (subject to hydrolysis) is 1. The van der Waals surface area contributed by atoms with Crippen molar-refractivity contribution in [1.82, 2.24) is 5.32 Å². The van der Waals surface area contributed by atoms with Crippen molar-refractivity contribution in [3.8, 4) is 0 Å². The molecule has 0 radical (unpaired) electrons. The van der Waals surface area contributed by atoms with Crippen LogP contribution in [0.2, 0.25) is 0 Å². The van der Waals surface area contributed by atoms with Crippen LogP contribution in [-0.2, 0) is 14.2 Å². The molecular formula is C12H23NO4S. The van der Waals surface area contributed by atoms with E-state index in [0.717, 1.165) is 0 Å². The number of methoxy groups -OCH3 is 1. The second kappa shape index (κ2) is 7.53. The largest absolute Gasteiger partial charge is 0.485 e. The number of thiocarbonyl (C=S) groups is 1. The summed E-state index contributed by atoms with van der Waals surface area (Å²) in [6.07, 6.45) is -0.700. The highest BCUT2D eigenvalue weighted by Gasteiger charge is 2.23. The number of carbonyl (C=O) groups excluding carboxylic acids is 1. The molecule has 6 heteroatoms. The fourth-order valence-corrected chi connectivity index (χ4v) is 1.19. The molecule has 0 saturated carbocycles. The van der Waals surface area contributed by atoms with Crippen LogP contribution >= 0.6 is 12.2 Å². The summed E-state index contributed by atoms with van der Waals surface area (Å²) >= 11 is 4.83. The van der Waals surface area contributed by atoms with E-state index in [2.05, 4.69) is 5.32 Å². The lowest BCUT2D eigenvalue weighted by Gasteiger charge is -2.26. The summed E-state index contributed by atoms with van der Waals surface area (Å²) < 4.78 is 15.6. The van der Waals surface area contributed by atoms with Crippen LogP contribution in [0.3, 0.4) is 0 Å². The van der Waals surface area contributed by atoms with Crippen molar-refractivity contribution in [2.24, 2.45) is 0 Å². The molecule has 106 valence electrons. The first kappa shape index (κ1) is 17.1. The number of carbonyl (C=O) groups is 1. The van der Waals surface area contributed by atoms with E-state index >= 15 is 0 Å². The van der Waals surface area contributed by atoms with Gasteiger partial charge in [0.15, 0.2) is 5.05 Å². The topological polar surface area (TPSA) is 56.8 Å². The normalized spacial score (nSPS) is 14.6. The standard InChI is InChI=1S/C12H23NO4S/c1-8(15-6)10(7-16-9(2)18)13-11(14)17-12(3,4)5/h8,10H,7H2,1-6H3,(H,13,14)/t8-,10+/m1/s1. The zero-order chi connectivity index (χ0) is 14.3. The van der Waals surface area contributed by atoms with Gasteiger partial charge in [-0.3, -0.25) is 0 Å². The van der Waals surface area contributed by atoms with Gasteiger partial charge in [0.25, 0.3) is 0 Å². The molecule has 0 aliphatic carbocycles. The van der Waals surface area contributed by atoms with Crippen molar-refractivity contribution < 1.29 is 19.0 Å². The number of rotatable bonds is 5. The van der Waals surface area contributed by atoms with Gasteiger partial charge in [-0.25, -0.2) is 4.79 Å². The van der Waals surface area contributed by atoms with Gasteiger partial charge in [-0.2, -0.15) is 0 Å². The lowest BCUT2D eigenvalue weighted by atomic mass is 10.2. The van der Waals surface area contributed by atoms with Crippen molar-refractivity contribution in [3.05, 3.63) is 0 Å². The van der Waals surface area contributed by atoms with Gasteiger partial charge in [-0.1, -0.05) is 0 Å². The number of ether oxygens (including phenoxy) is 3. The molecule has 0 fully saturated rings. The predicted molar refractivity (Wildman–Crippen MR) is 73.9 cm³/mol. The summed E-state index contributed by atoms with van der Waals surface area (Å²) in [5.74, 6) is 0. The number of hydrogen-bond acceptors (Lipinski definition) is 5. The monoisotopic (exact) mass is 277 g/mol. The molecule has 0 aliphatic heterocycles. The van der Waals surface area contributed by atoms with E-state index in [1.54, 1.807) is 34.8 Å². The maximum Gasteiger partial charge on any atom is 0.408 e. The van der Waals surface area contributed by atoms with Crippen molar-refractivity contribution >= 4 is 23.4 Å². The second-order valence-corrected chi connectivity index (χ2v) is 5.57. The number of amides is 1. The minimum absolute atomic E-state index is 0.202. The average Bonchev–Trinajstić information content (AvgIpc) is 2.20. The molecule has 18 heavy (non-hydrogen) atoms. The van der Waals surface area contributed by atoms with E-state index in [4.69, 9.17) is 26.4 Å². The van der Waals surface area contributed by atoms with Crippen molar-refractivity contribution in [1.29, 1.82) is 0 Å². The first-order valence-electron chi connectivity index (χ1n) is 5.81. The molecule has 0 aromatic carbocycles. The third kappa shape index (κ3) is 8.25. The smallest absolute Gasteiger partial charge is 0.408 e. The van der Waals surface area contributed by atoms with Gasteiger partial charge in [0.2, 0.25) is 0 Å². The lowest BCUT2D eigenvalue weighted by Crippen LogP contribution is -2.47. The van der Waals surface area contributed by atoms with E-state index < -0.39 is 11.7 Å². The third-order valence-electron chi connectivity index (χ3n) is 2.11. The Hall–Kier alpha value is -0.880. The SMILES string of the molecule is CO[C@H](C)[C@H](COC(C)=S)NC(=O)OC(C)(C)C. The zero-order valence-corrected chi connectivity index (χ0v) is 12.7. The molecule has 0 aromatic rings. The maximum absolute atomic E-state index is 11.7. The van der Waals surface area contributed by atoms with E-state index in [9.17, 15) is 4.79 Å². The molecule has 5 nitrogen and oxygen atoms in total. The third-order valence-corrected chi connectivity index (χ3v) is 2.22. The van der Waals surface area contributed by atoms with Crippen molar-refractivity contribution in [2.45, 2.75) is 52.4 Å². The van der Waals surface area contributed by atoms with Crippen molar-refractivity contribution in [2.75, 3.05) is 13.7 Å². The van der Waals surface area contributed by atoms with E-state index in [1.165, 1.54) is 0 Å². The molecule has 0 bridgehead atoms. The van der Waals surface area contributed by atoms with Gasteiger partial charge in [-0.15, -0.1) is 0 Å². The van der Waals surface area contributed by atoms with Crippen LogP contribution in [0.25, 0.3) is 0 Å². The Bertz CT molecular complexity index is 288. The molecule has 0 saturated heterocycles. The second-order valence-electron chi connectivity index (χ2n) is 5.00. The van der Waals surface area contributed by atoms with Crippen LogP contribution < -0.4 is 5.32 Å². The highest BCUT2D eigenvalue weighted by molar-refractivity contribution is 7.80. The number of hydrogen-bond donors (Lipinski definition) is 1. The molecular weight excluding hydrogens is 254 g/mol. The highest BCUT2D eigenvalue weighted by Crippen LogP contribution is 2.08. The summed E-state index contributed by atoms with van der Waals surface area (Å²) in [4.78, 5) is 11.7. The zero-order valence-electron chi connectivity index (χ0n) is 11.9. The van der Waals surface area contributed by atoms with Crippen LogP contribution in [0, 0.1) is 0 Å². The van der Waals surface area contributed by atoms with E-state index in [-0.39, 0.29) is 18.8 Å². The molecule has 1 N–H and O–H groups in total. The summed E-state index contributed by atoms with van der Waals surface area (Å²) in [5.41, 5.74) is -0.536. The summed E-state index contributed by atoms with van der Waals surface area (Å²) in [6, 6.07) is -0.317. The molecule has 0 spiro atoms. The Morgan fingerprint density at radius 3 is 2.33 bits per heavy atom. The summed E-state index contributed by atoms with van der Waals surface area (Å²) in [6.45, 7) is 9.18. The van der Waals surface area contributed by atoms with Crippen LogP contribution in [0.1, 0.15) is 34.6 Å². The Kier molecular flexibility index (Phi) is 7.16. The average molecular weight is 277 g/mol. The van der Waals surface area contributed by atoms with Gasteiger partial charge in [-0.05, 0) is 39.9 Å². The van der Waals surface area contributed by atoms with E-state index in [1.807, 2.05) is 6.92 Å². The minimum Gasteiger partial charge on any atom is -0.485 e. The van der Waals surface area contributed by atoms with Crippen LogP contribution in [-0.4, -0.2) is 42.6 Å². The Morgan fingerprint density at radius 2 is 1.94 bits per heavy atom. The minimum atomic E-state index is -0.536. The molecule has 0 unspecified atom stereocenters. The van der Waals surface area contributed by atoms with Gasteiger partial charge in [0, 0.05) is 14.0 Å². The summed E-state index contributed by atoms with van der Waals surface area (Å²) in [5, 5.41) is 3.13. The molecule has 0 aromatic heterocycles. The van der Waals surface area contributed by atoms with Crippen LogP contribution in [0.5, 0.6) is 0 Å².